The first kappa shape index (κ1) is 13.8. The van der Waals surface area contributed by atoms with E-state index in [9.17, 15) is 13.6 Å². The molecule has 20 heavy (non-hydrogen) atoms. The van der Waals surface area contributed by atoms with Crippen LogP contribution in [-0.4, -0.2) is 18.2 Å². The zero-order valence-corrected chi connectivity index (χ0v) is 10.4. The van der Waals surface area contributed by atoms with Crippen molar-refractivity contribution in [3.63, 3.8) is 0 Å². The van der Waals surface area contributed by atoms with Crippen LogP contribution < -0.4 is 9.47 Å². The van der Waals surface area contributed by atoms with Crippen molar-refractivity contribution in [2.75, 3.05) is 7.11 Å². The van der Waals surface area contributed by atoms with Crippen LogP contribution in [0.2, 0.25) is 0 Å². The molecule has 0 aliphatic carbocycles. The van der Waals surface area contributed by atoms with Crippen LogP contribution in [0.4, 0.5) is 8.78 Å². The number of halogens is 2. The molecule has 4 nitrogen and oxygen atoms in total. The van der Waals surface area contributed by atoms with Gasteiger partial charge in [0.2, 0.25) is 0 Å². The number of aromatic carboxylic acids is 1. The summed E-state index contributed by atoms with van der Waals surface area (Å²) in [4.78, 5) is 11.1. The summed E-state index contributed by atoms with van der Waals surface area (Å²) in [6, 6.07) is 6.65. The van der Waals surface area contributed by atoms with E-state index in [1.807, 2.05) is 0 Å². The van der Waals surface area contributed by atoms with Gasteiger partial charge in [-0.05, 0) is 12.1 Å². The SMILES string of the molecule is COc1ccc(C(=O)O)c(Oc2cc(F)cc(F)c2)c1. The van der Waals surface area contributed by atoms with Gasteiger partial charge < -0.3 is 14.6 Å². The summed E-state index contributed by atoms with van der Waals surface area (Å²) in [6.45, 7) is 0. The number of methoxy groups -OCH3 is 1. The Morgan fingerprint density at radius 2 is 1.70 bits per heavy atom. The highest BCUT2D eigenvalue weighted by Crippen LogP contribution is 2.30. The van der Waals surface area contributed by atoms with Gasteiger partial charge in [0, 0.05) is 24.3 Å². The summed E-state index contributed by atoms with van der Waals surface area (Å²) in [6.07, 6.45) is 0. The molecule has 2 rings (SSSR count). The zero-order chi connectivity index (χ0) is 14.7. The van der Waals surface area contributed by atoms with Gasteiger partial charge in [0.1, 0.15) is 34.4 Å². The van der Waals surface area contributed by atoms with Crippen LogP contribution in [0.1, 0.15) is 10.4 Å². The zero-order valence-electron chi connectivity index (χ0n) is 10.4. The number of hydrogen-bond donors (Lipinski definition) is 1. The molecule has 0 radical (unpaired) electrons. The molecule has 0 unspecified atom stereocenters. The van der Waals surface area contributed by atoms with Gasteiger partial charge >= 0.3 is 5.97 Å². The Kier molecular flexibility index (Phi) is 3.84. The minimum absolute atomic E-state index is 0.0677. The molecule has 104 valence electrons. The van der Waals surface area contributed by atoms with E-state index in [-0.39, 0.29) is 17.1 Å². The Bertz CT molecular complexity index is 635. The molecule has 0 spiro atoms. The first-order valence-corrected chi connectivity index (χ1v) is 5.55. The molecule has 6 heteroatoms. The molecule has 0 aliphatic rings. The molecular weight excluding hydrogens is 270 g/mol. The standard InChI is InChI=1S/C14H10F2O4/c1-19-10-2-3-12(14(17)18)13(7-10)20-11-5-8(15)4-9(16)6-11/h2-7H,1H3,(H,17,18). The van der Waals surface area contributed by atoms with E-state index in [1.165, 1.54) is 25.3 Å². The first-order valence-electron chi connectivity index (χ1n) is 5.55. The van der Waals surface area contributed by atoms with Crippen LogP contribution in [-0.2, 0) is 0 Å². The number of carbonyl (C=O) groups is 1. The summed E-state index contributed by atoms with van der Waals surface area (Å²) in [7, 11) is 1.40. The van der Waals surface area contributed by atoms with E-state index < -0.39 is 17.6 Å². The van der Waals surface area contributed by atoms with E-state index in [2.05, 4.69) is 0 Å². The second-order valence-electron chi connectivity index (χ2n) is 3.87. The number of hydrogen-bond acceptors (Lipinski definition) is 3. The average Bonchev–Trinajstić information content (AvgIpc) is 2.37. The van der Waals surface area contributed by atoms with Crippen molar-refractivity contribution in [3.05, 3.63) is 53.6 Å². The van der Waals surface area contributed by atoms with Gasteiger partial charge in [0.15, 0.2) is 0 Å². The molecule has 0 saturated carbocycles. The molecule has 0 bridgehead atoms. The highest BCUT2D eigenvalue weighted by molar-refractivity contribution is 5.91. The number of rotatable bonds is 4. The molecule has 0 aliphatic heterocycles. The van der Waals surface area contributed by atoms with Crippen LogP contribution >= 0.6 is 0 Å². The predicted octanol–water partition coefficient (Wildman–Crippen LogP) is 3.46. The second kappa shape index (κ2) is 5.56. The highest BCUT2D eigenvalue weighted by Gasteiger charge is 2.14. The molecule has 0 heterocycles. The lowest BCUT2D eigenvalue weighted by Gasteiger charge is -2.10. The number of carboxylic acids is 1. The Hall–Kier alpha value is -2.63. The van der Waals surface area contributed by atoms with Gasteiger partial charge in [-0.3, -0.25) is 0 Å². The fourth-order valence-corrected chi connectivity index (χ4v) is 1.61. The second-order valence-corrected chi connectivity index (χ2v) is 3.87. The van der Waals surface area contributed by atoms with Crippen LogP contribution in [0.3, 0.4) is 0 Å². The Balaban J connectivity index is 2.42. The van der Waals surface area contributed by atoms with Crippen LogP contribution in [0.25, 0.3) is 0 Å². The first-order chi connectivity index (χ1) is 9.49. The number of ether oxygens (including phenoxy) is 2. The summed E-state index contributed by atoms with van der Waals surface area (Å²) in [5.74, 6) is -2.71. The van der Waals surface area contributed by atoms with Gasteiger partial charge in [-0.25, -0.2) is 13.6 Å². The predicted molar refractivity (Wildman–Crippen MR) is 66.4 cm³/mol. The fourth-order valence-electron chi connectivity index (χ4n) is 1.61. The summed E-state index contributed by atoms with van der Waals surface area (Å²) >= 11 is 0. The van der Waals surface area contributed by atoms with E-state index in [0.29, 0.717) is 11.8 Å². The van der Waals surface area contributed by atoms with Gasteiger partial charge in [0.25, 0.3) is 0 Å². The third-order valence-electron chi connectivity index (χ3n) is 2.48. The van der Waals surface area contributed by atoms with Crippen molar-refractivity contribution < 1.29 is 28.2 Å². The summed E-state index contributed by atoms with van der Waals surface area (Å²) < 4.78 is 36.3. The fraction of sp³-hybridized carbons (Fsp3) is 0.0714. The van der Waals surface area contributed by atoms with Crippen molar-refractivity contribution in [1.29, 1.82) is 0 Å². The highest BCUT2D eigenvalue weighted by atomic mass is 19.1. The summed E-state index contributed by atoms with van der Waals surface area (Å²) in [5.41, 5.74) is -0.143. The third-order valence-corrected chi connectivity index (χ3v) is 2.48. The smallest absolute Gasteiger partial charge is 0.339 e. The maximum absolute atomic E-state index is 13.1. The van der Waals surface area contributed by atoms with E-state index in [0.717, 1.165) is 12.1 Å². The molecule has 0 fully saturated rings. The Morgan fingerprint density at radius 1 is 1.05 bits per heavy atom. The molecule has 1 N–H and O–H groups in total. The van der Waals surface area contributed by atoms with Crippen LogP contribution in [0.15, 0.2) is 36.4 Å². The van der Waals surface area contributed by atoms with Crippen molar-refractivity contribution in [2.24, 2.45) is 0 Å². The maximum Gasteiger partial charge on any atom is 0.339 e. The van der Waals surface area contributed by atoms with E-state index >= 15 is 0 Å². The van der Waals surface area contributed by atoms with Crippen LogP contribution in [0.5, 0.6) is 17.2 Å². The average molecular weight is 280 g/mol. The number of benzene rings is 2. The van der Waals surface area contributed by atoms with Crippen molar-refractivity contribution in [2.45, 2.75) is 0 Å². The molecule has 0 saturated heterocycles. The Labute approximate surface area is 113 Å². The molecule has 0 amide bonds. The topological polar surface area (TPSA) is 55.8 Å². The lowest BCUT2D eigenvalue weighted by molar-refractivity contribution is 0.0694. The molecule has 2 aromatic rings. The van der Waals surface area contributed by atoms with Gasteiger partial charge in [0.05, 0.1) is 7.11 Å². The van der Waals surface area contributed by atoms with E-state index in [1.54, 1.807) is 0 Å². The van der Waals surface area contributed by atoms with Gasteiger partial charge in [-0.15, -0.1) is 0 Å². The molecule has 0 aromatic heterocycles. The minimum Gasteiger partial charge on any atom is -0.497 e. The lowest BCUT2D eigenvalue weighted by Crippen LogP contribution is -2.01. The van der Waals surface area contributed by atoms with Crippen molar-refractivity contribution in [1.82, 2.24) is 0 Å². The molecule has 2 aromatic carbocycles. The molecule has 0 atom stereocenters. The quantitative estimate of drug-likeness (QED) is 0.931. The minimum atomic E-state index is -1.22. The van der Waals surface area contributed by atoms with Gasteiger partial charge in [-0.2, -0.15) is 0 Å². The molecular formula is C14H10F2O4. The van der Waals surface area contributed by atoms with Crippen molar-refractivity contribution >= 4 is 5.97 Å². The third kappa shape index (κ3) is 3.03. The Morgan fingerprint density at radius 3 is 2.25 bits per heavy atom. The summed E-state index contributed by atoms with van der Waals surface area (Å²) in [5, 5.41) is 9.05. The maximum atomic E-state index is 13.1. The normalized spacial score (nSPS) is 10.2. The lowest BCUT2D eigenvalue weighted by atomic mass is 10.2. The van der Waals surface area contributed by atoms with Crippen molar-refractivity contribution in [3.8, 4) is 17.2 Å². The largest absolute Gasteiger partial charge is 0.497 e. The monoisotopic (exact) mass is 280 g/mol. The number of carboxylic acid groups (broad SMARTS) is 1. The van der Waals surface area contributed by atoms with Gasteiger partial charge in [-0.1, -0.05) is 0 Å². The van der Waals surface area contributed by atoms with E-state index in [4.69, 9.17) is 14.6 Å². The van der Waals surface area contributed by atoms with Crippen LogP contribution in [0, 0.1) is 11.6 Å².